The standard InChI is InChI=1S/C15H19NOS/c1-4-6-15-16-13(10-18-15)9-17-14-8-5-7-11(2)12(14)3/h5,7-8,10H,4,6,9H2,1-3H3. The lowest BCUT2D eigenvalue weighted by Gasteiger charge is -2.09. The van der Waals surface area contributed by atoms with Crippen LogP contribution in [0, 0.1) is 13.8 Å². The Morgan fingerprint density at radius 3 is 2.89 bits per heavy atom. The first-order valence-corrected chi connectivity index (χ1v) is 7.21. The van der Waals surface area contributed by atoms with Crippen molar-refractivity contribution in [1.29, 1.82) is 0 Å². The Kier molecular flexibility index (Phi) is 4.37. The summed E-state index contributed by atoms with van der Waals surface area (Å²) in [4.78, 5) is 4.56. The van der Waals surface area contributed by atoms with Gasteiger partial charge in [0.2, 0.25) is 0 Å². The maximum atomic E-state index is 5.84. The van der Waals surface area contributed by atoms with Gasteiger partial charge in [0.05, 0.1) is 10.7 Å². The average Bonchev–Trinajstić information content (AvgIpc) is 2.79. The first-order valence-electron chi connectivity index (χ1n) is 6.33. The number of aromatic nitrogens is 1. The highest BCUT2D eigenvalue weighted by atomic mass is 32.1. The van der Waals surface area contributed by atoms with E-state index in [9.17, 15) is 0 Å². The molecule has 0 saturated heterocycles. The van der Waals surface area contributed by atoms with Crippen molar-refractivity contribution in [2.24, 2.45) is 0 Å². The molecule has 0 aliphatic rings. The lowest BCUT2D eigenvalue weighted by atomic mass is 10.1. The van der Waals surface area contributed by atoms with Crippen molar-refractivity contribution in [3.63, 3.8) is 0 Å². The van der Waals surface area contributed by atoms with E-state index in [1.54, 1.807) is 11.3 Å². The van der Waals surface area contributed by atoms with Gasteiger partial charge in [0.25, 0.3) is 0 Å². The molecule has 0 bridgehead atoms. The molecule has 2 aromatic rings. The summed E-state index contributed by atoms with van der Waals surface area (Å²) in [7, 11) is 0. The van der Waals surface area contributed by atoms with Gasteiger partial charge in [0.1, 0.15) is 12.4 Å². The van der Waals surface area contributed by atoms with Crippen molar-refractivity contribution >= 4 is 11.3 Å². The molecule has 0 aliphatic carbocycles. The van der Waals surface area contributed by atoms with E-state index in [0.717, 1.165) is 24.3 Å². The Labute approximate surface area is 113 Å². The van der Waals surface area contributed by atoms with Crippen LogP contribution in [-0.2, 0) is 13.0 Å². The summed E-state index contributed by atoms with van der Waals surface area (Å²) in [6.07, 6.45) is 2.21. The van der Waals surface area contributed by atoms with Crippen LogP contribution in [0.2, 0.25) is 0 Å². The number of aryl methyl sites for hydroxylation is 2. The summed E-state index contributed by atoms with van der Waals surface area (Å²) in [6.45, 7) is 6.93. The minimum absolute atomic E-state index is 0.560. The Balaban J connectivity index is 2.00. The highest BCUT2D eigenvalue weighted by Gasteiger charge is 2.05. The minimum atomic E-state index is 0.560. The van der Waals surface area contributed by atoms with Gasteiger partial charge in [-0.05, 0) is 43.9 Å². The van der Waals surface area contributed by atoms with Crippen LogP contribution in [0.3, 0.4) is 0 Å². The van der Waals surface area contributed by atoms with E-state index < -0.39 is 0 Å². The molecule has 1 aromatic heterocycles. The van der Waals surface area contributed by atoms with E-state index in [4.69, 9.17) is 4.74 Å². The Morgan fingerprint density at radius 1 is 1.28 bits per heavy atom. The summed E-state index contributed by atoms with van der Waals surface area (Å²) >= 11 is 1.73. The predicted octanol–water partition coefficient (Wildman–Crippen LogP) is 4.29. The van der Waals surface area contributed by atoms with Crippen LogP contribution < -0.4 is 4.74 Å². The van der Waals surface area contributed by atoms with Crippen LogP contribution in [-0.4, -0.2) is 4.98 Å². The van der Waals surface area contributed by atoms with Gasteiger partial charge in [-0.2, -0.15) is 0 Å². The second-order valence-electron chi connectivity index (χ2n) is 4.47. The number of hydrogen-bond acceptors (Lipinski definition) is 3. The van der Waals surface area contributed by atoms with Crippen LogP contribution in [0.15, 0.2) is 23.6 Å². The van der Waals surface area contributed by atoms with Gasteiger partial charge in [-0.3, -0.25) is 0 Å². The first kappa shape index (κ1) is 13.1. The maximum absolute atomic E-state index is 5.84. The molecular formula is C15H19NOS. The maximum Gasteiger partial charge on any atom is 0.131 e. The molecule has 3 heteroatoms. The van der Waals surface area contributed by atoms with E-state index in [2.05, 4.69) is 37.2 Å². The second kappa shape index (κ2) is 6.01. The molecule has 0 saturated carbocycles. The smallest absolute Gasteiger partial charge is 0.131 e. The van der Waals surface area contributed by atoms with Gasteiger partial charge >= 0.3 is 0 Å². The van der Waals surface area contributed by atoms with Crippen molar-refractivity contribution < 1.29 is 4.74 Å². The normalized spacial score (nSPS) is 10.6. The van der Waals surface area contributed by atoms with Crippen LogP contribution in [0.1, 0.15) is 35.2 Å². The summed E-state index contributed by atoms with van der Waals surface area (Å²) in [5, 5.41) is 3.30. The highest BCUT2D eigenvalue weighted by molar-refractivity contribution is 7.09. The fourth-order valence-electron chi connectivity index (χ4n) is 1.78. The SMILES string of the molecule is CCCc1nc(COc2cccc(C)c2C)cs1. The predicted molar refractivity (Wildman–Crippen MR) is 76.4 cm³/mol. The van der Waals surface area contributed by atoms with E-state index in [1.165, 1.54) is 16.1 Å². The lowest BCUT2D eigenvalue weighted by Crippen LogP contribution is -1.98. The zero-order valence-electron chi connectivity index (χ0n) is 11.2. The van der Waals surface area contributed by atoms with Crippen molar-refractivity contribution in [3.8, 4) is 5.75 Å². The monoisotopic (exact) mass is 261 g/mol. The van der Waals surface area contributed by atoms with Gasteiger partial charge < -0.3 is 4.74 Å². The van der Waals surface area contributed by atoms with Crippen LogP contribution in [0.5, 0.6) is 5.75 Å². The van der Waals surface area contributed by atoms with Crippen molar-refractivity contribution in [3.05, 3.63) is 45.4 Å². The summed E-state index contributed by atoms with van der Waals surface area (Å²) in [6, 6.07) is 6.15. The molecule has 0 amide bonds. The quantitative estimate of drug-likeness (QED) is 0.801. The molecule has 18 heavy (non-hydrogen) atoms. The van der Waals surface area contributed by atoms with Crippen molar-refractivity contribution in [2.45, 2.75) is 40.2 Å². The molecule has 0 radical (unpaired) electrons. The molecule has 0 spiro atoms. The molecule has 2 nitrogen and oxygen atoms in total. The molecule has 0 unspecified atom stereocenters. The molecular weight excluding hydrogens is 242 g/mol. The van der Waals surface area contributed by atoms with Gasteiger partial charge in [-0.1, -0.05) is 19.1 Å². The Hall–Kier alpha value is -1.35. The summed E-state index contributed by atoms with van der Waals surface area (Å²) in [5.41, 5.74) is 3.50. The van der Waals surface area contributed by atoms with E-state index in [0.29, 0.717) is 6.61 Å². The van der Waals surface area contributed by atoms with Crippen LogP contribution in [0.25, 0.3) is 0 Å². The summed E-state index contributed by atoms with van der Waals surface area (Å²) < 4.78 is 5.84. The van der Waals surface area contributed by atoms with E-state index in [-0.39, 0.29) is 0 Å². The van der Waals surface area contributed by atoms with E-state index >= 15 is 0 Å². The topological polar surface area (TPSA) is 22.1 Å². The average molecular weight is 261 g/mol. The second-order valence-corrected chi connectivity index (χ2v) is 5.41. The number of hydrogen-bond donors (Lipinski definition) is 0. The molecule has 0 fully saturated rings. The zero-order valence-corrected chi connectivity index (χ0v) is 12.0. The van der Waals surface area contributed by atoms with Crippen LogP contribution in [0.4, 0.5) is 0 Å². The fourth-order valence-corrected chi connectivity index (χ4v) is 2.66. The molecule has 96 valence electrons. The number of ether oxygens (including phenoxy) is 1. The van der Waals surface area contributed by atoms with Crippen molar-refractivity contribution in [2.75, 3.05) is 0 Å². The number of thiazole rings is 1. The Morgan fingerprint density at radius 2 is 2.11 bits per heavy atom. The highest BCUT2D eigenvalue weighted by Crippen LogP contribution is 2.22. The Bertz CT molecular complexity index is 519. The third kappa shape index (κ3) is 3.10. The molecule has 2 rings (SSSR count). The molecule has 1 heterocycles. The third-order valence-electron chi connectivity index (χ3n) is 2.99. The van der Waals surface area contributed by atoms with Gasteiger partial charge in [0.15, 0.2) is 0 Å². The number of nitrogens with zero attached hydrogens (tertiary/aromatic N) is 1. The first-order chi connectivity index (χ1) is 8.70. The fraction of sp³-hybridized carbons (Fsp3) is 0.400. The minimum Gasteiger partial charge on any atom is -0.487 e. The zero-order chi connectivity index (χ0) is 13.0. The molecule has 0 atom stereocenters. The molecule has 0 aliphatic heterocycles. The summed E-state index contributed by atoms with van der Waals surface area (Å²) in [5.74, 6) is 0.958. The number of rotatable bonds is 5. The van der Waals surface area contributed by atoms with Gasteiger partial charge in [0, 0.05) is 5.38 Å². The molecule has 1 aromatic carbocycles. The third-order valence-corrected chi connectivity index (χ3v) is 3.95. The van der Waals surface area contributed by atoms with Crippen molar-refractivity contribution in [1.82, 2.24) is 4.98 Å². The lowest BCUT2D eigenvalue weighted by molar-refractivity contribution is 0.299. The molecule has 0 N–H and O–H groups in total. The largest absolute Gasteiger partial charge is 0.487 e. The van der Waals surface area contributed by atoms with Gasteiger partial charge in [-0.15, -0.1) is 11.3 Å². The number of benzene rings is 1. The van der Waals surface area contributed by atoms with Crippen LogP contribution >= 0.6 is 11.3 Å². The van der Waals surface area contributed by atoms with E-state index in [1.807, 2.05) is 12.1 Å². The van der Waals surface area contributed by atoms with Gasteiger partial charge in [-0.25, -0.2) is 4.98 Å².